The molecule has 0 aliphatic rings. The summed E-state index contributed by atoms with van der Waals surface area (Å²) in [5, 5.41) is 12.2. The van der Waals surface area contributed by atoms with Crippen molar-refractivity contribution >= 4 is 23.2 Å². The van der Waals surface area contributed by atoms with Crippen LogP contribution in [0.15, 0.2) is 12.1 Å². The number of hydrogen-bond donors (Lipinski definition) is 2. The Bertz CT molecular complexity index is 346. The molecule has 0 spiro atoms. The van der Waals surface area contributed by atoms with Crippen molar-refractivity contribution in [3.05, 3.63) is 33.6 Å². The van der Waals surface area contributed by atoms with Crippen LogP contribution >= 0.6 is 23.2 Å². The summed E-state index contributed by atoms with van der Waals surface area (Å²) in [5.41, 5.74) is 0.495. The van der Waals surface area contributed by atoms with E-state index in [1.165, 1.54) is 12.1 Å². The summed E-state index contributed by atoms with van der Waals surface area (Å²) >= 11 is 11.8. The normalized spacial score (nSPS) is 12.9. The quantitative estimate of drug-likeness (QED) is 0.807. The molecule has 1 atom stereocenters. The van der Waals surface area contributed by atoms with Gasteiger partial charge in [0, 0.05) is 23.2 Å². The van der Waals surface area contributed by atoms with Crippen molar-refractivity contribution in [2.75, 3.05) is 13.7 Å². The molecule has 1 aromatic rings. The van der Waals surface area contributed by atoms with Crippen LogP contribution in [0.5, 0.6) is 0 Å². The molecule has 1 unspecified atom stereocenters. The molecule has 0 heterocycles. The maximum atomic E-state index is 13.2. The van der Waals surface area contributed by atoms with Gasteiger partial charge in [0.15, 0.2) is 0 Å². The van der Waals surface area contributed by atoms with Gasteiger partial charge in [-0.05, 0) is 25.6 Å². The van der Waals surface area contributed by atoms with E-state index in [4.69, 9.17) is 28.3 Å². The third-order valence-corrected chi connectivity index (χ3v) is 2.91. The Labute approximate surface area is 98.0 Å². The number of hydrogen-bond acceptors (Lipinski definition) is 2. The van der Waals surface area contributed by atoms with E-state index < -0.39 is 5.82 Å². The molecule has 5 heteroatoms. The van der Waals surface area contributed by atoms with Gasteiger partial charge in [-0.25, -0.2) is 4.39 Å². The second-order valence-corrected chi connectivity index (χ2v) is 3.90. The summed E-state index contributed by atoms with van der Waals surface area (Å²) in [4.78, 5) is 0. The SMILES string of the molecule is CNC(CCO)c1c(Cl)ccc(F)c1Cl. The van der Waals surface area contributed by atoms with Gasteiger partial charge in [0.1, 0.15) is 5.82 Å². The van der Waals surface area contributed by atoms with Gasteiger partial charge in [0.25, 0.3) is 0 Å². The van der Waals surface area contributed by atoms with Crippen molar-refractivity contribution in [3.63, 3.8) is 0 Å². The second kappa shape index (κ2) is 5.66. The Morgan fingerprint density at radius 1 is 1.47 bits per heavy atom. The summed E-state index contributed by atoms with van der Waals surface area (Å²) in [7, 11) is 1.71. The van der Waals surface area contributed by atoms with Crippen LogP contribution in [0.3, 0.4) is 0 Å². The van der Waals surface area contributed by atoms with Crippen molar-refractivity contribution in [2.45, 2.75) is 12.5 Å². The molecular formula is C10H12Cl2FNO. The van der Waals surface area contributed by atoms with E-state index in [1.807, 2.05) is 0 Å². The number of aliphatic hydroxyl groups excluding tert-OH is 1. The molecule has 0 aliphatic heterocycles. The van der Waals surface area contributed by atoms with Crippen molar-refractivity contribution in [2.24, 2.45) is 0 Å². The predicted octanol–water partition coefficient (Wildman–Crippen LogP) is 2.78. The van der Waals surface area contributed by atoms with Gasteiger partial charge in [-0.15, -0.1) is 0 Å². The Morgan fingerprint density at radius 2 is 2.13 bits per heavy atom. The standard InChI is InChI=1S/C10H12Cl2FNO/c1-14-8(4-5-15)9-6(11)2-3-7(13)10(9)12/h2-3,8,14-15H,4-5H2,1H3. The maximum Gasteiger partial charge on any atom is 0.142 e. The van der Waals surface area contributed by atoms with E-state index in [1.54, 1.807) is 7.05 Å². The molecule has 0 bridgehead atoms. The lowest BCUT2D eigenvalue weighted by Gasteiger charge is -2.18. The fourth-order valence-electron chi connectivity index (χ4n) is 1.42. The number of halogens is 3. The zero-order chi connectivity index (χ0) is 11.4. The third kappa shape index (κ3) is 2.82. The molecule has 0 aliphatic carbocycles. The Balaban J connectivity index is 3.15. The lowest BCUT2D eigenvalue weighted by atomic mass is 10.0. The summed E-state index contributed by atoms with van der Waals surface area (Å²) in [6, 6.07) is 2.44. The van der Waals surface area contributed by atoms with Crippen molar-refractivity contribution in [3.8, 4) is 0 Å². The van der Waals surface area contributed by atoms with Crippen LogP contribution in [-0.2, 0) is 0 Å². The lowest BCUT2D eigenvalue weighted by molar-refractivity contribution is 0.268. The highest BCUT2D eigenvalue weighted by molar-refractivity contribution is 6.36. The van der Waals surface area contributed by atoms with Crippen LogP contribution in [-0.4, -0.2) is 18.8 Å². The third-order valence-electron chi connectivity index (χ3n) is 2.19. The molecule has 84 valence electrons. The lowest BCUT2D eigenvalue weighted by Crippen LogP contribution is -2.18. The first kappa shape index (κ1) is 12.7. The number of nitrogens with one attached hydrogen (secondary N) is 1. The summed E-state index contributed by atoms with van der Waals surface area (Å²) in [6.45, 7) is -0.0192. The highest BCUT2D eigenvalue weighted by Gasteiger charge is 2.18. The van der Waals surface area contributed by atoms with Crippen LogP contribution in [0, 0.1) is 5.82 Å². The van der Waals surface area contributed by atoms with E-state index in [2.05, 4.69) is 5.32 Å². The van der Waals surface area contributed by atoms with Gasteiger partial charge in [-0.1, -0.05) is 23.2 Å². The molecule has 1 rings (SSSR count). The molecule has 0 saturated carbocycles. The van der Waals surface area contributed by atoms with Gasteiger partial charge in [-0.3, -0.25) is 0 Å². The second-order valence-electron chi connectivity index (χ2n) is 3.11. The van der Waals surface area contributed by atoms with E-state index in [0.717, 1.165) is 0 Å². The molecule has 1 aromatic carbocycles. The molecular weight excluding hydrogens is 240 g/mol. The summed E-state index contributed by atoms with van der Waals surface area (Å²) < 4.78 is 13.2. The van der Waals surface area contributed by atoms with Gasteiger partial charge in [0.05, 0.1) is 5.02 Å². The highest BCUT2D eigenvalue weighted by atomic mass is 35.5. The molecule has 0 aromatic heterocycles. The van der Waals surface area contributed by atoms with Gasteiger partial charge in [-0.2, -0.15) is 0 Å². The molecule has 2 nitrogen and oxygen atoms in total. The molecule has 2 N–H and O–H groups in total. The zero-order valence-electron chi connectivity index (χ0n) is 8.23. The van der Waals surface area contributed by atoms with Crippen LogP contribution in [0.4, 0.5) is 4.39 Å². The molecule has 0 fully saturated rings. The maximum absolute atomic E-state index is 13.2. The van der Waals surface area contributed by atoms with Crippen molar-refractivity contribution in [1.29, 1.82) is 0 Å². The first-order valence-corrected chi connectivity index (χ1v) is 5.29. The van der Waals surface area contributed by atoms with Gasteiger partial charge >= 0.3 is 0 Å². The minimum atomic E-state index is -0.505. The summed E-state index contributed by atoms with van der Waals surface area (Å²) in [5.74, 6) is -0.505. The zero-order valence-corrected chi connectivity index (χ0v) is 9.74. The smallest absolute Gasteiger partial charge is 0.142 e. The monoisotopic (exact) mass is 251 g/mol. The van der Waals surface area contributed by atoms with Crippen LogP contribution in [0.2, 0.25) is 10.0 Å². The van der Waals surface area contributed by atoms with Crippen LogP contribution in [0.25, 0.3) is 0 Å². The Kier molecular flexibility index (Phi) is 4.80. The molecule has 15 heavy (non-hydrogen) atoms. The fourth-order valence-corrected chi connectivity index (χ4v) is 2.06. The van der Waals surface area contributed by atoms with E-state index in [-0.39, 0.29) is 17.7 Å². The van der Waals surface area contributed by atoms with Crippen molar-refractivity contribution in [1.82, 2.24) is 5.32 Å². The first-order chi connectivity index (χ1) is 7.11. The van der Waals surface area contributed by atoms with E-state index in [9.17, 15) is 4.39 Å². The first-order valence-electron chi connectivity index (χ1n) is 4.53. The van der Waals surface area contributed by atoms with Gasteiger partial charge in [0.2, 0.25) is 0 Å². The Morgan fingerprint density at radius 3 is 2.67 bits per heavy atom. The molecule has 0 radical (unpaired) electrons. The van der Waals surface area contributed by atoms with E-state index in [0.29, 0.717) is 17.0 Å². The van der Waals surface area contributed by atoms with Gasteiger partial charge < -0.3 is 10.4 Å². The largest absolute Gasteiger partial charge is 0.396 e. The number of rotatable bonds is 4. The highest BCUT2D eigenvalue weighted by Crippen LogP contribution is 2.33. The minimum Gasteiger partial charge on any atom is -0.396 e. The fraction of sp³-hybridized carbons (Fsp3) is 0.400. The molecule has 0 saturated heterocycles. The topological polar surface area (TPSA) is 32.3 Å². The van der Waals surface area contributed by atoms with Crippen molar-refractivity contribution < 1.29 is 9.50 Å². The predicted molar refractivity (Wildman–Crippen MR) is 59.9 cm³/mol. The Hall–Kier alpha value is -0.350. The minimum absolute atomic E-state index is 0.00954. The van der Waals surface area contributed by atoms with Crippen LogP contribution in [0.1, 0.15) is 18.0 Å². The van der Waals surface area contributed by atoms with Crippen LogP contribution < -0.4 is 5.32 Å². The summed E-state index contributed by atoms with van der Waals surface area (Å²) in [6.07, 6.45) is 0.430. The molecule has 0 amide bonds. The average molecular weight is 252 g/mol. The van der Waals surface area contributed by atoms with E-state index >= 15 is 0 Å². The average Bonchev–Trinajstić information content (AvgIpc) is 2.22. The number of aliphatic hydroxyl groups is 1. The number of benzene rings is 1.